The average Bonchev–Trinajstić information content (AvgIpc) is 3.37. The molecule has 2 amide bonds. The van der Waals surface area contributed by atoms with Crippen LogP contribution in [0.5, 0.6) is 5.75 Å². The molecule has 0 saturated heterocycles. The summed E-state index contributed by atoms with van der Waals surface area (Å²) in [6.45, 7) is 2.84. The van der Waals surface area contributed by atoms with Crippen LogP contribution in [0.4, 0.5) is 4.39 Å². The Morgan fingerprint density at radius 3 is 2.74 bits per heavy atom. The highest BCUT2D eigenvalue weighted by Crippen LogP contribution is 2.33. The van der Waals surface area contributed by atoms with E-state index in [1.54, 1.807) is 42.4 Å². The molecule has 1 heterocycles. The number of aromatic amines is 1. The smallest absolute Gasteiger partial charge is 0.254 e. The minimum atomic E-state index is -0.607. The topological polar surface area (TPSA) is 87.3 Å². The Bertz CT molecular complexity index is 1380. The molecule has 0 aliphatic heterocycles. The summed E-state index contributed by atoms with van der Waals surface area (Å²) in [6.07, 6.45) is 2.53. The van der Waals surface area contributed by atoms with E-state index >= 15 is 0 Å². The van der Waals surface area contributed by atoms with Gasteiger partial charge in [-0.2, -0.15) is 5.10 Å². The Morgan fingerprint density at radius 1 is 1.14 bits per heavy atom. The molecule has 7 nitrogen and oxygen atoms in total. The minimum Gasteiger partial charge on any atom is -0.493 e. The molecule has 4 rings (SSSR count). The molecule has 0 unspecified atom stereocenters. The molecule has 0 fully saturated rings. The highest BCUT2D eigenvalue weighted by atomic mass is 19.1. The minimum absolute atomic E-state index is 0.0562. The summed E-state index contributed by atoms with van der Waals surface area (Å²) in [6, 6.07) is 15.4. The molecule has 8 heteroatoms. The molecule has 0 atom stereocenters. The lowest BCUT2D eigenvalue weighted by Gasteiger charge is -2.19. The number of aromatic nitrogens is 2. The maximum Gasteiger partial charge on any atom is 0.254 e. The predicted molar refractivity (Wildman–Crippen MR) is 133 cm³/mol. The van der Waals surface area contributed by atoms with Crippen molar-refractivity contribution in [1.82, 2.24) is 20.4 Å². The average molecular weight is 475 g/mol. The first kappa shape index (κ1) is 23.9. The van der Waals surface area contributed by atoms with Gasteiger partial charge < -0.3 is 15.0 Å². The number of carbonyl (C=O) groups is 2. The summed E-state index contributed by atoms with van der Waals surface area (Å²) in [7, 11) is 3.20. The quantitative estimate of drug-likeness (QED) is 0.384. The normalized spacial score (nSPS) is 10.9. The van der Waals surface area contributed by atoms with Gasteiger partial charge in [0.05, 0.1) is 23.9 Å². The Kier molecular flexibility index (Phi) is 7.10. The number of amides is 2. The number of benzene rings is 3. The molecule has 180 valence electrons. The number of ether oxygens (including phenoxy) is 1. The van der Waals surface area contributed by atoms with E-state index in [4.69, 9.17) is 4.74 Å². The van der Waals surface area contributed by atoms with Crippen LogP contribution in [0.2, 0.25) is 0 Å². The number of halogens is 1. The van der Waals surface area contributed by atoms with Crippen LogP contribution in [0.25, 0.3) is 22.0 Å². The van der Waals surface area contributed by atoms with Crippen molar-refractivity contribution >= 4 is 22.7 Å². The van der Waals surface area contributed by atoms with Gasteiger partial charge in [-0.25, -0.2) is 4.39 Å². The fourth-order valence-corrected chi connectivity index (χ4v) is 3.94. The third kappa shape index (κ3) is 5.01. The maximum atomic E-state index is 14.2. The molecule has 1 aromatic heterocycles. The molecule has 2 N–H and O–H groups in total. The Morgan fingerprint density at radius 2 is 1.97 bits per heavy atom. The molecule has 0 spiro atoms. The standard InChI is InChI=1S/C27H27FN4O3/c1-4-12-35-24-14-18(8-10-21(24)17-9-11-23(28)22(13-17)26(33)29-2)27(34)32(3)16-20-7-5-6-19-15-30-31-25(19)20/h5-11,13-15H,4,12,16H2,1-3H3,(H,29,33)(H,30,31). The van der Waals surface area contributed by atoms with E-state index in [1.165, 1.54) is 19.2 Å². The second kappa shape index (κ2) is 10.4. The number of hydrogen-bond donors (Lipinski definition) is 2. The first-order valence-corrected chi connectivity index (χ1v) is 11.4. The number of fused-ring (bicyclic) bond motifs is 1. The number of hydrogen-bond acceptors (Lipinski definition) is 4. The maximum absolute atomic E-state index is 14.2. The van der Waals surface area contributed by atoms with Crippen LogP contribution in [0.15, 0.2) is 60.8 Å². The Balaban J connectivity index is 1.65. The molecule has 35 heavy (non-hydrogen) atoms. The van der Waals surface area contributed by atoms with Gasteiger partial charge in [-0.1, -0.05) is 31.2 Å². The van der Waals surface area contributed by atoms with Crippen LogP contribution >= 0.6 is 0 Å². The van der Waals surface area contributed by atoms with Gasteiger partial charge in [0.2, 0.25) is 0 Å². The number of para-hydroxylation sites is 1. The largest absolute Gasteiger partial charge is 0.493 e. The fourth-order valence-electron chi connectivity index (χ4n) is 3.94. The van der Waals surface area contributed by atoms with Gasteiger partial charge in [0.1, 0.15) is 11.6 Å². The van der Waals surface area contributed by atoms with Crippen LogP contribution in [0, 0.1) is 5.82 Å². The van der Waals surface area contributed by atoms with Crippen LogP contribution in [-0.2, 0) is 6.54 Å². The molecule has 3 aromatic carbocycles. The summed E-state index contributed by atoms with van der Waals surface area (Å²) < 4.78 is 20.1. The second-order valence-electron chi connectivity index (χ2n) is 8.25. The van der Waals surface area contributed by atoms with Crippen molar-refractivity contribution in [2.24, 2.45) is 0 Å². The van der Waals surface area contributed by atoms with Gasteiger partial charge in [0.15, 0.2) is 0 Å². The summed E-state index contributed by atoms with van der Waals surface area (Å²) in [4.78, 5) is 27.0. The fraction of sp³-hybridized carbons (Fsp3) is 0.222. The molecule has 0 radical (unpaired) electrons. The lowest BCUT2D eigenvalue weighted by molar-refractivity contribution is 0.0785. The third-order valence-electron chi connectivity index (χ3n) is 5.76. The van der Waals surface area contributed by atoms with Crippen LogP contribution in [0.1, 0.15) is 39.6 Å². The SMILES string of the molecule is CCCOc1cc(C(=O)N(C)Cc2cccc3cn[nH]c23)ccc1-c1ccc(F)c(C(=O)NC)c1. The Hall–Kier alpha value is -4.20. The Labute approximate surface area is 202 Å². The van der Waals surface area contributed by atoms with Gasteiger partial charge in [-0.3, -0.25) is 14.7 Å². The van der Waals surface area contributed by atoms with Crippen molar-refractivity contribution in [1.29, 1.82) is 0 Å². The van der Waals surface area contributed by atoms with Crippen molar-refractivity contribution in [2.75, 3.05) is 20.7 Å². The van der Waals surface area contributed by atoms with Crippen molar-refractivity contribution in [3.63, 3.8) is 0 Å². The van der Waals surface area contributed by atoms with Crippen LogP contribution in [0.3, 0.4) is 0 Å². The summed E-state index contributed by atoms with van der Waals surface area (Å²) in [5.74, 6) is -0.790. The number of nitrogens with one attached hydrogen (secondary N) is 2. The zero-order valence-corrected chi connectivity index (χ0v) is 19.9. The molecule has 0 aliphatic carbocycles. The lowest BCUT2D eigenvalue weighted by Crippen LogP contribution is -2.26. The first-order valence-electron chi connectivity index (χ1n) is 11.4. The molecular weight excluding hydrogens is 447 g/mol. The van der Waals surface area contributed by atoms with Gasteiger partial charge in [-0.15, -0.1) is 0 Å². The highest BCUT2D eigenvalue weighted by Gasteiger charge is 2.18. The second-order valence-corrected chi connectivity index (χ2v) is 8.25. The predicted octanol–water partition coefficient (Wildman–Crippen LogP) is 4.79. The summed E-state index contributed by atoms with van der Waals surface area (Å²) in [5.41, 5.74) is 3.56. The molecule has 0 saturated carbocycles. The third-order valence-corrected chi connectivity index (χ3v) is 5.76. The van der Waals surface area contributed by atoms with E-state index in [2.05, 4.69) is 15.5 Å². The molecule has 4 aromatic rings. The van der Waals surface area contributed by atoms with E-state index in [1.807, 2.05) is 25.1 Å². The van der Waals surface area contributed by atoms with Crippen molar-refractivity contribution in [3.05, 3.63) is 83.3 Å². The monoisotopic (exact) mass is 474 g/mol. The molecule has 0 bridgehead atoms. The van der Waals surface area contributed by atoms with Gasteiger partial charge in [-0.05, 0) is 47.9 Å². The number of carbonyl (C=O) groups excluding carboxylic acids is 2. The van der Waals surface area contributed by atoms with Crippen LogP contribution in [-0.4, -0.2) is 47.6 Å². The highest BCUT2D eigenvalue weighted by molar-refractivity contribution is 5.97. The first-order chi connectivity index (χ1) is 16.9. The molecular formula is C27H27FN4O3. The number of H-pyrrole nitrogens is 1. The van der Waals surface area contributed by atoms with E-state index in [9.17, 15) is 14.0 Å². The van der Waals surface area contributed by atoms with E-state index in [0.717, 1.165) is 22.9 Å². The van der Waals surface area contributed by atoms with Crippen molar-refractivity contribution in [2.45, 2.75) is 19.9 Å². The van der Waals surface area contributed by atoms with Crippen molar-refractivity contribution < 1.29 is 18.7 Å². The number of nitrogens with zero attached hydrogens (tertiary/aromatic N) is 2. The zero-order chi connectivity index (χ0) is 24.9. The van der Waals surface area contributed by atoms with Gasteiger partial charge in [0, 0.05) is 37.2 Å². The van der Waals surface area contributed by atoms with E-state index in [0.29, 0.717) is 35.6 Å². The van der Waals surface area contributed by atoms with E-state index < -0.39 is 11.7 Å². The number of rotatable bonds is 8. The van der Waals surface area contributed by atoms with Gasteiger partial charge >= 0.3 is 0 Å². The van der Waals surface area contributed by atoms with Crippen LogP contribution < -0.4 is 10.1 Å². The van der Waals surface area contributed by atoms with Crippen molar-refractivity contribution in [3.8, 4) is 16.9 Å². The van der Waals surface area contributed by atoms with E-state index in [-0.39, 0.29) is 11.5 Å². The summed E-state index contributed by atoms with van der Waals surface area (Å²) >= 11 is 0. The van der Waals surface area contributed by atoms with Gasteiger partial charge in [0.25, 0.3) is 11.8 Å². The lowest BCUT2D eigenvalue weighted by atomic mass is 9.99. The summed E-state index contributed by atoms with van der Waals surface area (Å²) in [5, 5.41) is 10.5. The zero-order valence-electron chi connectivity index (χ0n) is 19.9. The molecule has 0 aliphatic rings.